The zero-order valence-corrected chi connectivity index (χ0v) is 12.1. The molecule has 0 amide bonds. The molecule has 0 fully saturated rings. The molecule has 3 rings (SSSR count). The van der Waals surface area contributed by atoms with Crippen molar-refractivity contribution in [1.82, 2.24) is 15.0 Å². The summed E-state index contributed by atoms with van der Waals surface area (Å²) in [5, 5.41) is 13.0. The van der Waals surface area contributed by atoms with Crippen LogP contribution in [-0.4, -0.2) is 20.8 Å². The lowest BCUT2D eigenvalue weighted by atomic mass is 10.1. The standard InChI is InChI=1S/C12H8ClN7S/c13-7-1-6(2-9-11(7)21-5-18-9)8-3-10(17-4-16-8)12(14)19-20-15/h1-5H,(H3,14,15,19)/p+1. The average molecular weight is 319 g/mol. The molecule has 0 saturated carbocycles. The van der Waals surface area contributed by atoms with Gasteiger partial charge in [0.2, 0.25) is 0 Å². The van der Waals surface area contributed by atoms with E-state index in [0.717, 1.165) is 15.8 Å². The molecule has 104 valence electrons. The maximum atomic E-state index is 6.25. The Kier molecular flexibility index (Phi) is 3.55. The Morgan fingerprint density at radius 3 is 2.90 bits per heavy atom. The fourth-order valence-corrected chi connectivity index (χ4v) is 2.87. The third-order valence-electron chi connectivity index (χ3n) is 2.78. The molecule has 2 heterocycles. The quantitative estimate of drug-likeness (QED) is 0.243. The summed E-state index contributed by atoms with van der Waals surface area (Å²) in [5.74, 6) is 5.09. The summed E-state index contributed by atoms with van der Waals surface area (Å²) < 4.78 is 0.942. The molecule has 21 heavy (non-hydrogen) atoms. The number of amidine groups is 1. The highest BCUT2D eigenvalue weighted by molar-refractivity contribution is 7.17. The molecule has 0 aliphatic heterocycles. The Morgan fingerprint density at radius 2 is 2.10 bits per heavy atom. The molecule has 0 bridgehead atoms. The third kappa shape index (κ3) is 2.58. The van der Waals surface area contributed by atoms with Crippen LogP contribution in [0.1, 0.15) is 5.69 Å². The van der Waals surface area contributed by atoms with Crippen molar-refractivity contribution in [2.24, 2.45) is 16.2 Å². The van der Waals surface area contributed by atoms with Gasteiger partial charge in [0.05, 0.1) is 31.6 Å². The Hall–Kier alpha value is -2.45. The van der Waals surface area contributed by atoms with Crippen LogP contribution >= 0.6 is 22.9 Å². The number of thiazole rings is 1. The van der Waals surface area contributed by atoms with Gasteiger partial charge in [0.1, 0.15) is 6.33 Å². The number of hydrogen-bond donors (Lipinski definition) is 2. The van der Waals surface area contributed by atoms with Crippen molar-refractivity contribution in [3.63, 3.8) is 0 Å². The van der Waals surface area contributed by atoms with Crippen LogP contribution in [-0.2, 0) is 0 Å². The fourth-order valence-electron chi connectivity index (χ4n) is 1.84. The van der Waals surface area contributed by atoms with E-state index in [1.54, 1.807) is 11.6 Å². The van der Waals surface area contributed by atoms with Gasteiger partial charge in [0.15, 0.2) is 5.69 Å². The minimum atomic E-state index is 0.113. The Morgan fingerprint density at radius 1 is 1.24 bits per heavy atom. The van der Waals surface area contributed by atoms with E-state index < -0.39 is 0 Å². The van der Waals surface area contributed by atoms with Gasteiger partial charge < -0.3 is 0 Å². The zero-order chi connectivity index (χ0) is 14.8. The van der Waals surface area contributed by atoms with E-state index in [9.17, 15) is 0 Å². The molecular weight excluding hydrogens is 310 g/mol. The second-order valence-electron chi connectivity index (χ2n) is 4.05. The van der Waals surface area contributed by atoms with Gasteiger partial charge in [-0.05, 0) is 18.2 Å². The van der Waals surface area contributed by atoms with E-state index in [-0.39, 0.29) is 5.84 Å². The first-order chi connectivity index (χ1) is 10.2. The Balaban J connectivity index is 2.10. The van der Waals surface area contributed by atoms with Crippen LogP contribution < -0.4 is 11.3 Å². The summed E-state index contributed by atoms with van der Waals surface area (Å²) in [6.07, 6.45) is 1.39. The molecule has 0 radical (unpaired) electrons. The summed E-state index contributed by atoms with van der Waals surface area (Å²) in [5.41, 5.74) is 4.48. The number of fused-ring (bicyclic) bond motifs is 1. The van der Waals surface area contributed by atoms with E-state index in [4.69, 9.17) is 22.9 Å². The second kappa shape index (κ2) is 5.51. The van der Waals surface area contributed by atoms with Crippen LogP contribution in [0.3, 0.4) is 0 Å². The molecule has 0 aliphatic rings. The highest BCUT2D eigenvalue weighted by Gasteiger charge is 2.14. The highest BCUT2D eigenvalue weighted by atomic mass is 35.5. The molecule has 7 nitrogen and oxygen atoms in total. The zero-order valence-electron chi connectivity index (χ0n) is 10.6. The largest absolute Gasteiger partial charge is 0.369 e. The van der Waals surface area contributed by atoms with Gasteiger partial charge in [-0.2, -0.15) is 0 Å². The molecule has 0 spiro atoms. The van der Waals surface area contributed by atoms with Crippen LogP contribution in [0.2, 0.25) is 5.02 Å². The number of halogens is 1. The number of rotatable bonds is 2. The first-order valence-electron chi connectivity index (χ1n) is 5.78. The first-order valence-corrected chi connectivity index (χ1v) is 7.03. The van der Waals surface area contributed by atoms with Crippen LogP contribution in [0.5, 0.6) is 0 Å². The number of nitrogens with zero attached hydrogens (tertiary/aromatic N) is 5. The van der Waals surface area contributed by atoms with E-state index in [0.29, 0.717) is 16.4 Å². The molecule has 4 N–H and O–H groups in total. The summed E-state index contributed by atoms with van der Waals surface area (Å²) >= 11 is 7.74. The minimum Gasteiger partial charge on any atom is -0.284 e. The number of hydrogen-bond acceptors (Lipinski definition) is 5. The summed E-state index contributed by atoms with van der Waals surface area (Å²) in [6.45, 7) is 0. The van der Waals surface area contributed by atoms with Crippen LogP contribution in [0.15, 0.2) is 40.4 Å². The van der Waals surface area contributed by atoms with E-state index in [1.165, 1.54) is 17.7 Å². The minimum absolute atomic E-state index is 0.113. The highest BCUT2D eigenvalue weighted by Crippen LogP contribution is 2.31. The molecule has 3 aromatic rings. The van der Waals surface area contributed by atoms with E-state index in [1.807, 2.05) is 12.1 Å². The molecule has 0 saturated heterocycles. The Labute approximate surface area is 128 Å². The average Bonchev–Trinajstić information content (AvgIpc) is 2.96. The van der Waals surface area contributed by atoms with Gasteiger partial charge in [0, 0.05) is 10.8 Å². The lowest BCUT2D eigenvalue weighted by Gasteiger charge is -2.02. The molecule has 0 atom stereocenters. The van der Waals surface area contributed by atoms with Crippen LogP contribution in [0, 0.1) is 0 Å². The van der Waals surface area contributed by atoms with E-state index in [2.05, 4.69) is 25.3 Å². The number of nitrogens with two attached hydrogens (primary N) is 2. The monoisotopic (exact) mass is 318 g/mol. The van der Waals surface area contributed by atoms with Gasteiger partial charge in [-0.25, -0.2) is 15.0 Å². The molecule has 0 unspecified atom stereocenters. The van der Waals surface area contributed by atoms with Gasteiger partial charge in [-0.15, -0.1) is 11.3 Å². The van der Waals surface area contributed by atoms with Gasteiger partial charge in [0.25, 0.3) is 0 Å². The van der Waals surface area contributed by atoms with Crippen LogP contribution in [0.25, 0.3) is 21.5 Å². The maximum Gasteiger partial charge on any atom is 0.369 e. The fraction of sp³-hybridized carbons (Fsp3) is 0. The molecule has 0 aliphatic carbocycles. The maximum absolute atomic E-state index is 6.25. The lowest BCUT2D eigenvalue weighted by Crippen LogP contribution is -2.39. The van der Waals surface area contributed by atoms with Crippen molar-refractivity contribution >= 4 is 39.0 Å². The van der Waals surface area contributed by atoms with E-state index >= 15 is 0 Å². The van der Waals surface area contributed by atoms with Crippen molar-refractivity contribution in [2.75, 3.05) is 0 Å². The van der Waals surface area contributed by atoms with Crippen molar-refractivity contribution in [1.29, 1.82) is 0 Å². The van der Waals surface area contributed by atoms with Gasteiger partial charge >= 0.3 is 5.84 Å². The van der Waals surface area contributed by atoms with Crippen LogP contribution in [0.4, 0.5) is 0 Å². The van der Waals surface area contributed by atoms with Gasteiger partial charge in [-0.3, -0.25) is 11.3 Å². The summed E-state index contributed by atoms with van der Waals surface area (Å²) in [6, 6.07) is 5.42. The third-order valence-corrected chi connectivity index (χ3v) is 4.06. The molecule has 1 aromatic carbocycles. The van der Waals surface area contributed by atoms with Crippen molar-refractivity contribution in [3.8, 4) is 11.3 Å². The predicted octanol–water partition coefficient (Wildman–Crippen LogP) is 1.24. The first kappa shape index (κ1) is 13.5. The lowest BCUT2D eigenvalue weighted by molar-refractivity contribution is -0.114. The summed E-state index contributed by atoms with van der Waals surface area (Å²) in [4.78, 5) is 12.5. The smallest absolute Gasteiger partial charge is 0.284 e. The molecule has 9 heteroatoms. The molecule has 2 aromatic heterocycles. The van der Waals surface area contributed by atoms with Crippen molar-refractivity contribution < 1.29 is 5.41 Å². The number of aromatic nitrogens is 3. The summed E-state index contributed by atoms with van der Waals surface area (Å²) in [7, 11) is 0. The topological polar surface area (TPSA) is 115 Å². The second-order valence-corrected chi connectivity index (χ2v) is 5.31. The normalized spacial score (nSPS) is 11.3. The molecular formula is C12H9ClN7S+. The predicted molar refractivity (Wildman–Crippen MR) is 80.7 cm³/mol. The number of benzene rings is 1. The van der Waals surface area contributed by atoms with Crippen molar-refractivity contribution in [2.45, 2.75) is 0 Å². The SMILES string of the molecule is NN=NC(=[NH2+])c1cc(-c2cc(Cl)c3scnc3c2)ncn1. The van der Waals surface area contributed by atoms with Gasteiger partial charge in [-0.1, -0.05) is 11.6 Å². The Bertz CT molecular complexity index is 858. The van der Waals surface area contributed by atoms with Crippen molar-refractivity contribution in [3.05, 3.63) is 40.8 Å².